The van der Waals surface area contributed by atoms with E-state index in [1.807, 2.05) is 0 Å². The number of H-pyrrole nitrogens is 1. The van der Waals surface area contributed by atoms with Gasteiger partial charge in [0.25, 0.3) is 16.7 Å². The minimum atomic E-state index is -0.366. The molecule has 0 aliphatic carbocycles. The SMILES string of the molecule is Nc1ccc(=O)n(CCn2[nH]c(=O)ccc2=O)c1. The van der Waals surface area contributed by atoms with Gasteiger partial charge in [0.1, 0.15) is 0 Å². The molecule has 0 saturated carbocycles. The fourth-order valence-electron chi connectivity index (χ4n) is 1.56. The minimum Gasteiger partial charge on any atom is -0.398 e. The first-order chi connectivity index (χ1) is 8.56. The molecule has 0 aliphatic rings. The smallest absolute Gasteiger partial charge is 0.265 e. The van der Waals surface area contributed by atoms with E-state index >= 15 is 0 Å². The molecule has 0 bridgehead atoms. The lowest BCUT2D eigenvalue weighted by Crippen LogP contribution is -2.31. The first-order valence-corrected chi connectivity index (χ1v) is 5.32. The summed E-state index contributed by atoms with van der Waals surface area (Å²) >= 11 is 0. The maximum atomic E-state index is 11.5. The highest BCUT2D eigenvalue weighted by Gasteiger charge is 1.99. The maximum Gasteiger partial charge on any atom is 0.265 e. The van der Waals surface area contributed by atoms with Gasteiger partial charge in [-0.25, -0.2) is 4.68 Å². The number of rotatable bonds is 3. The standard InChI is InChI=1S/C11H12N4O3/c12-8-1-3-10(17)14(7-8)5-6-15-11(18)4-2-9(16)13-15/h1-4,7H,5-6,12H2,(H,13,16). The lowest BCUT2D eigenvalue weighted by molar-refractivity contribution is 0.498. The molecule has 0 amide bonds. The summed E-state index contributed by atoms with van der Waals surface area (Å²) in [6.45, 7) is 0.446. The highest BCUT2D eigenvalue weighted by Crippen LogP contribution is 1.95. The van der Waals surface area contributed by atoms with E-state index in [2.05, 4.69) is 5.10 Å². The summed E-state index contributed by atoms with van der Waals surface area (Å²) in [6.07, 6.45) is 1.49. The maximum absolute atomic E-state index is 11.5. The van der Waals surface area contributed by atoms with Crippen LogP contribution < -0.4 is 22.4 Å². The fraction of sp³-hybridized carbons (Fsp3) is 0.182. The Balaban J connectivity index is 2.24. The number of nitrogens with two attached hydrogens (primary N) is 1. The van der Waals surface area contributed by atoms with E-state index in [4.69, 9.17) is 5.73 Å². The molecule has 7 nitrogen and oxygen atoms in total. The van der Waals surface area contributed by atoms with Gasteiger partial charge >= 0.3 is 0 Å². The van der Waals surface area contributed by atoms with Crippen LogP contribution in [0.1, 0.15) is 0 Å². The Morgan fingerprint density at radius 2 is 1.72 bits per heavy atom. The van der Waals surface area contributed by atoms with E-state index < -0.39 is 0 Å². The number of hydrogen-bond donors (Lipinski definition) is 2. The molecule has 18 heavy (non-hydrogen) atoms. The summed E-state index contributed by atoms with van der Waals surface area (Å²) in [4.78, 5) is 34.0. The second kappa shape index (κ2) is 4.74. The summed E-state index contributed by atoms with van der Waals surface area (Å²) in [5.41, 5.74) is 5.12. The van der Waals surface area contributed by atoms with Crippen molar-refractivity contribution in [1.29, 1.82) is 0 Å². The van der Waals surface area contributed by atoms with Gasteiger partial charge in [0.15, 0.2) is 0 Å². The number of anilines is 1. The van der Waals surface area contributed by atoms with Crippen LogP contribution in [-0.4, -0.2) is 14.3 Å². The van der Waals surface area contributed by atoms with Crippen LogP contribution >= 0.6 is 0 Å². The van der Waals surface area contributed by atoms with Crippen molar-refractivity contribution < 1.29 is 0 Å². The molecular weight excluding hydrogens is 236 g/mol. The van der Waals surface area contributed by atoms with Crippen molar-refractivity contribution in [3.05, 3.63) is 61.5 Å². The number of pyridine rings is 1. The molecule has 0 aromatic carbocycles. The normalized spacial score (nSPS) is 10.4. The number of aromatic nitrogens is 3. The monoisotopic (exact) mass is 248 g/mol. The fourth-order valence-corrected chi connectivity index (χ4v) is 1.56. The van der Waals surface area contributed by atoms with E-state index in [1.54, 1.807) is 0 Å². The second-order valence-electron chi connectivity index (χ2n) is 3.79. The molecule has 2 aromatic rings. The quantitative estimate of drug-likeness (QED) is 0.725. The van der Waals surface area contributed by atoms with Crippen molar-refractivity contribution in [2.75, 3.05) is 5.73 Å². The van der Waals surface area contributed by atoms with Crippen LogP contribution in [0.5, 0.6) is 0 Å². The van der Waals surface area contributed by atoms with E-state index in [1.165, 1.54) is 29.0 Å². The molecular formula is C11H12N4O3. The van der Waals surface area contributed by atoms with Gasteiger partial charge in [-0.2, -0.15) is 0 Å². The molecule has 0 aliphatic heterocycles. The van der Waals surface area contributed by atoms with Crippen LogP contribution in [0.15, 0.2) is 44.8 Å². The highest BCUT2D eigenvalue weighted by molar-refractivity contribution is 5.33. The Morgan fingerprint density at radius 3 is 2.50 bits per heavy atom. The Kier molecular flexibility index (Phi) is 3.13. The zero-order chi connectivity index (χ0) is 13.1. The number of hydrogen-bond acceptors (Lipinski definition) is 4. The third-order valence-electron chi connectivity index (χ3n) is 2.46. The van der Waals surface area contributed by atoms with Crippen molar-refractivity contribution in [2.24, 2.45) is 0 Å². The Morgan fingerprint density at radius 1 is 1.00 bits per heavy atom. The van der Waals surface area contributed by atoms with Crippen molar-refractivity contribution >= 4 is 5.69 Å². The second-order valence-corrected chi connectivity index (χ2v) is 3.79. The first kappa shape index (κ1) is 11.9. The van der Waals surface area contributed by atoms with Gasteiger partial charge in [-0.05, 0) is 6.07 Å². The van der Waals surface area contributed by atoms with E-state index in [9.17, 15) is 14.4 Å². The van der Waals surface area contributed by atoms with Gasteiger partial charge in [-0.3, -0.25) is 19.5 Å². The van der Waals surface area contributed by atoms with Crippen LogP contribution in [0.3, 0.4) is 0 Å². The number of aryl methyl sites for hydroxylation is 2. The topological polar surface area (TPSA) is 103 Å². The largest absolute Gasteiger partial charge is 0.398 e. The highest BCUT2D eigenvalue weighted by atomic mass is 16.2. The van der Waals surface area contributed by atoms with Crippen LogP contribution in [0.25, 0.3) is 0 Å². The Labute approximate surface area is 101 Å². The predicted octanol–water partition coefficient (Wildman–Crippen LogP) is -1.02. The summed E-state index contributed by atoms with van der Waals surface area (Å²) in [5, 5.41) is 2.38. The first-order valence-electron chi connectivity index (χ1n) is 5.32. The zero-order valence-corrected chi connectivity index (χ0v) is 9.50. The number of nitrogens with zero attached hydrogens (tertiary/aromatic N) is 2. The molecule has 7 heteroatoms. The Bertz CT molecular complexity index is 726. The van der Waals surface area contributed by atoms with Crippen molar-refractivity contribution in [1.82, 2.24) is 14.3 Å². The lowest BCUT2D eigenvalue weighted by Gasteiger charge is -2.07. The zero-order valence-electron chi connectivity index (χ0n) is 9.50. The van der Waals surface area contributed by atoms with Gasteiger partial charge in [0, 0.05) is 36.6 Å². The van der Waals surface area contributed by atoms with Gasteiger partial charge in [-0.1, -0.05) is 0 Å². The molecule has 2 aromatic heterocycles. The summed E-state index contributed by atoms with van der Waals surface area (Å²) in [6, 6.07) is 5.20. The molecule has 3 N–H and O–H groups in total. The number of nitrogen functional groups attached to an aromatic ring is 1. The molecule has 0 fully saturated rings. The summed E-state index contributed by atoms with van der Waals surface area (Å²) < 4.78 is 2.53. The summed E-state index contributed by atoms with van der Waals surface area (Å²) in [5.74, 6) is 0. The molecule has 0 radical (unpaired) electrons. The molecule has 2 rings (SSSR count). The van der Waals surface area contributed by atoms with Gasteiger partial charge in [-0.15, -0.1) is 0 Å². The van der Waals surface area contributed by atoms with Crippen LogP contribution in [0, 0.1) is 0 Å². The molecule has 0 unspecified atom stereocenters. The van der Waals surface area contributed by atoms with Gasteiger partial charge < -0.3 is 10.3 Å². The van der Waals surface area contributed by atoms with E-state index in [-0.39, 0.29) is 29.8 Å². The average molecular weight is 248 g/mol. The Hall–Kier alpha value is -2.57. The van der Waals surface area contributed by atoms with Crippen molar-refractivity contribution in [3.8, 4) is 0 Å². The number of aromatic amines is 1. The average Bonchev–Trinajstić information content (AvgIpc) is 2.34. The third kappa shape index (κ3) is 2.57. The van der Waals surface area contributed by atoms with E-state index in [0.29, 0.717) is 5.69 Å². The van der Waals surface area contributed by atoms with Crippen LogP contribution in [0.4, 0.5) is 5.69 Å². The van der Waals surface area contributed by atoms with E-state index in [0.717, 1.165) is 10.7 Å². The van der Waals surface area contributed by atoms with Gasteiger partial charge in [0.2, 0.25) is 0 Å². The molecule has 2 heterocycles. The van der Waals surface area contributed by atoms with Crippen molar-refractivity contribution in [2.45, 2.75) is 13.1 Å². The predicted molar refractivity (Wildman–Crippen MR) is 66.4 cm³/mol. The molecule has 0 spiro atoms. The number of nitrogens with one attached hydrogen (secondary N) is 1. The molecule has 0 atom stereocenters. The van der Waals surface area contributed by atoms with Crippen LogP contribution in [-0.2, 0) is 13.1 Å². The molecule has 94 valence electrons. The van der Waals surface area contributed by atoms with Gasteiger partial charge in [0.05, 0.1) is 6.54 Å². The minimum absolute atomic E-state index is 0.193. The van der Waals surface area contributed by atoms with Crippen molar-refractivity contribution in [3.63, 3.8) is 0 Å². The third-order valence-corrected chi connectivity index (χ3v) is 2.46. The lowest BCUT2D eigenvalue weighted by atomic mass is 10.4. The van der Waals surface area contributed by atoms with Crippen LogP contribution in [0.2, 0.25) is 0 Å². The summed E-state index contributed by atoms with van der Waals surface area (Å²) in [7, 11) is 0. The molecule has 0 saturated heterocycles.